The Morgan fingerprint density at radius 3 is 3.04 bits per heavy atom. The summed E-state index contributed by atoms with van der Waals surface area (Å²) in [6.45, 7) is 1.82. The van der Waals surface area contributed by atoms with Gasteiger partial charge in [0.05, 0.1) is 26.2 Å². The summed E-state index contributed by atoms with van der Waals surface area (Å²) in [6.07, 6.45) is 3.81. The molecule has 1 aromatic heterocycles. The van der Waals surface area contributed by atoms with Crippen molar-refractivity contribution in [2.24, 2.45) is 0 Å². The van der Waals surface area contributed by atoms with E-state index in [0.717, 1.165) is 29.7 Å². The minimum atomic E-state index is 0.0414. The molecule has 1 atom stereocenters. The monoisotopic (exact) mass is 355 g/mol. The SMILES string of the molecule is COc1ccccc1CC(=O)N1CCOC(CCc2ccnc(N)c2)C1. The maximum Gasteiger partial charge on any atom is 0.227 e. The number of carbonyl (C=O) groups excluding carboxylic acids is 1. The minimum Gasteiger partial charge on any atom is -0.496 e. The molecule has 2 aromatic rings. The standard InChI is InChI=1S/C20H25N3O3/c1-25-18-5-3-2-4-16(18)13-20(24)23-10-11-26-17(14-23)7-6-15-8-9-22-19(21)12-15/h2-5,8-9,12,17H,6-7,10-11,13-14H2,1H3,(H2,21,22). The van der Waals surface area contributed by atoms with E-state index < -0.39 is 0 Å². The van der Waals surface area contributed by atoms with Crippen molar-refractivity contribution in [3.8, 4) is 5.75 Å². The third kappa shape index (κ3) is 4.73. The second-order valence-electron chi connectivity index (χ2n) is 6.45. The first kappa shape index (κ1) is 18.2. The molecule has 1 fully saturated rings. The van der Waals surface area contributed by atoms with Crippen LogP contribution in [0.4, 0.5) is 5.82 Å². The average Bonchev–Trinajstić information content (AvgIpc) is 2.67. The number of nitrogen functional groups attached to an aromatic ring is 1. The van der Waals surface area contributed by atoms with Crippen LogP contribution in [0.5, 0.6) is 5.75 Å². The quantitative estimate of drug-likeness (QED) is 0.858. The van der Waals surface area contributed by atoms with Crippen LogP contribution in [-0.2, 0) is 22.4 Å². The first-order valence-corrected chi connectivity index (χ1v) is 8.87. The second-order valence-corrected chi connectivity index (χ2v) is 6.45. The molecular weight excluding hydrogens is 330 g/mol. The number of rotatable bonds is 6. The molecule has 1 aliphatic rings. The van der Waals surface area contributed by atoms with Crippen molar-refractivity contribution in [2.75, 3.05) is 32.5 Å². The van der Waals surface area contributed by atoms with Crippen molar-refractivity contribution in [2.45, 2.75) is 25.4 Å². The van der Waals surface area contributed by atoms with Crippen LogP contribution in [0.1, 0.15) is 17.5 Å². The smallest absolute Gasteiger partial charge is 0.227 e. The van der Waals surface area contributed by atoms with Crippen molar-refractivity contribution < 1.29 is 14.3 Å². The zero-order chi connectivity index (χ0) is 18.4. The van der Waals surface area contributed by atoms with E-state index in [4.69, 9.17) is 15.2 Å². The van der Waals surface area contributed by atoms with Crippen molar-refractivity contribution >= 4 is 11.7 Å². The van der Waals surface area contributed by atoms with E-state index in [9.17, 15) is 4.79 Å². The van der Waals surface area contributed by atoms with E-state index in [2.05, 4.69) is 4.98 Å². The summed E-state index contributed by atoms with van der Waals surface area (Å²) < 4.78 is 11.2. The number of morpholine rings is 1. The molecule has 6 nitrogen and oxygen atoms in total. The van der Waals surface area contributed by atoms with Crippen LogP contribution < -0.4 is 10.5 Å². The Morgan fingerprint density at radius 2 is 2.23 bits per heavy atom. The molecule has 138 valence electrons. The number of methoxy groups -OCH3 is 1. The van der Waals surface area contributed by atoms with E-state index in [1.54, 1.807) is 13.3 Å². The van der Waals surface area contributed by atoms with Crippen molar-refractivity contribution in [3.63, 3.8) is 0 Å². The number of ether oxygens (including phenoxy) is 2. The maximum atomic E-state index is 12.7. The largest absolute Gasteiger partial charge is 0.496 e. The molecule has 0 spiro atoms. The highest BCUT2D eigenvalue weighted by molar-refractivity contribution is 5.79. The predicted octanol–water partition coefficient (Wildman–Crippen LogP) is 2.08. The lowest BCUT2D eigenvalue weighted by Gasteiger charge is -2.33. The fourth-order valence-electron chi connectivity index (χ4n) is 3.22. The van der Waals surface area contributed by atoms with E-state index in [1.807, 2.05) is 41.3 Å². The average molecular weight is 355 g/mol. The van der Waals surface area contributed by atoms with Crippen LogP contribution in [0.2, 0.25) is 0 Å². The van der Waals surface area contributed by atoms with Gasteiger partial charge in [-0.3, -0.25) is 4.79 Å². The third-order valence-corrected chi connectivity index (χ3v) is 4.63. The van der Waals surface area contributed by atoms with Gasteiger partial charge in [-0.15, -0.1) is 0 Å². The van der Waals surface area contributed by atoms with Gasteiger partial charge in [-0.2, -0.15) is 0 Å². The number of carbonyl (C=O) groups is 1. The molecule has 2 heterocycles. The lowest BCUT2D eigenvalue weighted by molar-refractivity contribution is -0.138. The fourth-order valence-corrected chi connectivity index (χ4v) is 3.22. The number of anilines is 1. The highest BCUT2D eigenvalue weighted by atomic mass is 16.5. The maximum absolute atomic E-state index is 12.7. The number of benzene rings is 1. The van der Waals surface area contributed by atoms with Gasteiger partial charge in [0, 0.05) is 24.8 Å². The lowest BCUT2D eigenvalue weighted by Crippen LogP contribution is -2.46. The number of nitrogens with two attached hydrogens (primary N) is 1. The molecular formula is C20H25N3O3. The first-order chi connectivity index (χ1) is 12.7. The Hall–Kier alpha value is -2.60. The third-order valence-electron chi connectivity index (χ3n) is 4.63. The molecule has 1 amide bonds. The van der Waals surface area contributed by atoms with Crippen LogP contribution >= 0.6 is 0 Å². The zero-order valence-corrected chi connectivity index (χ0v) is 15.1. The van der Waals surface area contributed by atoms with Gasteiger partial charge in [-0.05, 0) is 36.6 Å². The summed E-state index contributed by atoms with van der Waals surface area (Å²) in [5.41, 5.74) is 7.77. The van der Waals surface area contributed by atoms with Gasteiger partial charge in [0.25, 0.3) is 0 Å². The predicted molar refractivity (Wildman–Crippen MR) is 100.0 cm³/mol. The topological polar surface area (TPSA) is 77.7 Å². The second kappa shape index (κ2) is 8.67. The van der Waals surface area contributed by atoms with Crippen LogP contribution in [0, 0.1) is 0 Å². The Labute approximate surface area is 153 Å². The summed E-state index contributed by atoms with van der Waals surface area (Å²) in [4.78, 5) is 18.6. The molecule has 0 radical (unpaired) electrons. The molecule has 26 heavy (non-hydrogen) atoms. The van der Waals surface area contributed by atoms with Crippen molar-refractivity contribution in [1.82, 2.24) is 9.88 Å². The van der Waals surface area contributed by atoms with Crippen molar-refractivity contribution in [1.29, 1.82) is 0 Å². The molecule has 1 aromatic carbocycles. The van der Waals surface area contributed by atoms with Gasteiger partial charge in [-0.25, -0.2) is 4.98 Å². The highest BCUT2D eigenvalue weighted by Gasteiger charge is 2.24. The Kier molecular flexibility index (Phi) is 6.07. The number of amides is 1. The van der Waals surface area contributed by atoms with Gasteiger partial charge in [0.15, 0.2) is 0 Å². The van der Waals surface area contributed by atoms with E-state index in [0.29, 0.717) is 31.9 Å². The summed E-state index contributed by atoms with van der Waals surface area (Å²) in [7, 11) is 1.62. The molecule has 1 unspecified atom stereocenters. The normalized spacial score (nSPS) is 17.1. The van der Waals surface area contributed by atoms with Gasteiger partial charge in [0.1, 0.15) is 11.6 Å². The minimum absolute atomic E-state index is 0.0414. The number of para-hydroxylation sites is 1. The van der Waals surface area contributed by atoms with E-state index in [-0.39, 0.29) is 12.0 Å². The first-order valence-electron chi connectivity index (χ1n) is 8.87. The number of nitrogens with zero attached hydrogens (tertiary/aromatic N) is 2. The van der Waals surface area contributed by atoms with Gasteiger partial charge < -0.3 is 20.1 Å². The summed E-state index contributed by atoms with van der Waals surface area (Å²) in [6, 6.07) is 11.5. The number of aromatic nitrogens is 1. The lowest BCUT2D eigenvalue weighted by atomic mass is 10.1. The molecule has 0 bridgehead atoms. The van der Waals surface area contributed by atoms with E-state index in [1.165, 1.54) is 0 Å². The molecule has 0 aliphatic carbocycles. The summed E-state index contributed by atoms with van der Waals surface area (Å²) >= 11 is 0. The number of aryl methyl sites for hydroxylation is 1. The molecule has 6 heteroatoms. The Balaban J connectivity index is 1.55. The van der Waals surface area contributed by atoms with Crippen LogP contribution in [-0.4, -0.2) is 48.7 Å². The van der Waals surface area contributed by atoms with Gasteiger partial charge >= 0.3 is 0 Å². The van der Waals surface area contributed by atoms with Crippen LogP contribution in [0.3, 0.4) is 0 Å². The van der Waals surface area contributed by atoms with Gasteiger partial charge in [0.2, 0.25) is 5.91 Å². The Bertz CT molecular complexity index is 751. The van der Waals surface area contributed by atoms with E-state index >= 15 is 0 Å². The summed E-state index contributed by atoms with van der Waals surface area (Å²) in [5, 5.41) is 0. The highest BCUT2D eigenvalue weighted by Crippen LogP contribution is 2.20. The molecule has 2 N–H and O–H groups in total. The Morgan fingerprint density at radius 1 is 1.38 bits per heavy atom. The molecule has 1 aliphatic heterocycles. The van der Waals surface area contributed by atoms with Crippen molar-refractivity contribution in [3.05, 3.63) is 53.7 Å². The molecule has 0 saturated carbocycles. The fraction of sp³-hybridized carbons (Fsp3) is 0.400. The number of hydrogen-bond donors (Lipinski definition) is 1. The summed E-state index contributed by atoms with van der Waals surface area (Å²) in [5.74, 6) is 1.39. The number of pyridine rings is 1. The van der Waals surface area contributed by atoms with Crippen LogP contribution in [0.15, 0.2) is 42.6 Å². The number of hydrogen-bond acceptors (Lipinski definition) is 5. The molecule has 3 rings (SSSR count). The van der Waals surface area contributed by atoms with Gasteiger partial charge in [-0.1, -0.05) is 18.2 Å². The zero-order valence-electron chi connectivity index (χ0n) is 15.1. The van der Waals surface area contributed by atoms with Crippen LogP contribution in [0.25, 0.3) is 0 Å². The molecule has 1 saturated heterocycles.